The number of fused-ring (bicyclic) bond motifs is 1. The van der Waals surface area contributed by atoms with E-state index in [1.54, 1.807) is 7.11 Å². The van der Waals surface area contributed by atoms with Crippen LogP contribution in [0.3, 0.4) is 0 Å². The largest absolute Gasteiger partial charge is 0.495 e. The average molecular weight is 341 g/mol. The van der Waals surface area contributed by atoms with Crippen LogP contribution in [0, 0.1) is 18.3 Å². The molecule has 0 bridgehead atoms. The van der Waals surface area contributed by atoms with Crippen LogP contribution in [0.15, 0.2) is 46.9 Å². The molecule has 0 aliphatic rings. The summed E-state index contributed by atoms with van der Waals surface area (Å²) in [6.07, 6.45) is 0. The fourth-order valence-electron chi connectivity index (χ4n) is 2.65. The highest BCUT2D eigenvalue weighted by Crippen LogP contribution is 2.34. The molecule has 3 aromatic rings. The Bertz CT molecular complexity index is 874. The maximum Gasteiger partial charge on any atom is 0.142 e. The highest BCUT2D eigenvalue weighted by Gasteiger charge is 2.17. The van der Waals surface area contributed by atoms with E-state index in [9.17, 15) is 5.26 Å². The van der Waals surface area contributed by atoms with E-state index < -0.39 is 0 Å². The zero-order valence-corrected chi connectivity index (χ0v) is 13.3. The van der Waals surface area contributed by atoms with Crippen molar-refractivity contribution in [3.63, 3.8) is 0 Å². The third-order valence-corrected chi connectivity index (χ3v) is 4.10. The molecule has 0 unspecified atom stereocenters. The monoisotopic (exact) mass is 340 g/mol. The molecule has 0 amide bonds. The van der Waals surface area contributed by atoms with Gasteiger partial charge in [-0.15, -0.1) is 0 Å². The Morgan fingerprint density at radius 1 is 1.19 bits per heavy atom. The van der Waals surface area contributed by atoms with Gasteiger partial charge in [0.1, 0.15) is 11.8 Å². The van der Waals surface area contributed by atoms with Crippen molar-refractivity contribution in [3.05, 3.63) is 58.2 Å². The molecule has 0 fully saturated rings. The topological polar surface area (TPSA) is 38.0 Å². The first-order valence-corrected chi connectivity index (χ1v) is 7.30. The van der Waals surface area contributed by atoms with Crippen molar-refractivity contribution in [3.8, 4) is 17.5 Å². The van der Waals surface area contributed by atoms with Crippen LogP contribution in [-0.4, -0.2) is 11.7 Å². The summed E-state index contributed by atoms with van der Waals surface area (Å²) in [5.74, 6) is 0.780. The third-order valence-electron chi connectivity index (χ3n) is 3.61. The molecule has 0 N–H and O–H groups in total. The fourth-order valence-corrected chi connectivity index (χ4v) is 3.00. The minimum Gasteiger partial charge on any atom is -0.495 e. The van der Waals surface area contributed by atoms with E-state index in [4.69, 9.17) is 4.74 Å². The molecule has 0 radical (unpaired) electrons. The average Bonchev–Trinajstić information content (AvgIpc) is 2.77. The smallest absolute Gasteiger partial charge is 0.142 e. The summed E-state index contributed by atoms with van der Waals surface area (Å²) >= 11 is 3.50. The molecule has 0 atom stereocenters. The first-order chi connectivity index (χ1) is 10.2. The summed E-state index contributed by atoms with van der Waals surface area (Å²) in [4.78, 5) is 0. The third kappa shape index (κ3) is 2.10. The van der Waals surface area contributed by atoms with E-state index in [-0.39, 0.29) is 0 Å². The number of benzene rings is 2. The van der Waals surface area contributed by atoms with Crippen molar-refractivity contribution in [2.75, 3.05) is 7.11 Å². The van der Waals surface area contributed by atoms with Gasteiger partial charge in [0.2, 0.25) is 0 Å². The van der Waals surface area contributed by atoms with Gasteiger partial charge in [-0.05, 0) is 31.2 Å². The Morgan fingerprint density at radius 2 is 1.95 bits per heavy atom. The predicted octanol–water partition coefficient (Wildman–Crippen LogP) is 4.58. The Kier molecular flexibility index (Phi) is 3.44. The maximum atomic E-state index is 9.47. The van der Waals surface area contributed by atoms with Crippen LogP contribution in [0.25, 0.3) is 16.6 Å². The molecule has 1 heterocycles. The number of methoxy groups -OCH3 is 1. The van der Waals surface area contributed by atoms with Gasteiger partial charge in [-0.2, -0.15) is 5.26 Å². The molecule has 0 aliphatic carbocycles. The Labute approximate surface area is 131 Å². The van der Waals surface area contributed by atoms with E-state index in [0.29, 0.717) is 5.56 Å². The lowest BCUT2D eigenvalue weighted by Crippen LogP contribution is -2.00. The second kappa shape index (κ2) is 5.27. The highest BCUT2D eigenvalue weighted by atomic mass is 79.9. The minimum absolute atomic E-state index is 0.698. The molecule has 3 nitrogen and oxygen atoms in total. The lowest BCUT2D eigenvalue weighted by Gasteiger charge is -2.12. The van der Waals surface area contributed by atoms with Gasteiger partial charge in [-0.3, -0.25) is 0 Å². The molecule has 21 heavy (non-hydrogen) atoms. The van der Waals surface area contributed by atoms with E-state index in [0.717, 1.165) is 32.5 Å². The van der Waals surface area contributed by atoms with E-state index in [1.165, 1.54) is 0 Å². The summed E-state index contributed by atoms with van der Waals surface area (Å²) in [5.41, 5.74) is 3.53. The summed E-state index contributed by atoms with van der Waals surface area (Å²) in [5, 5.41) is 10.4. The molecule has 0 spiro atoms. The van der Waals surface area contributed by atoms with Gasteiger partial charge in [0, 0.05) is 15.6 Å². The van der Waals surface area contributed by atoms with Gasteiger partial charge in [-0.1, -0.05) is 34.1 Å². The predicted molar refractivity (Wildman–Crippen MR) is 87.0 cm³/mol. The van der Waals surface area contributed by atoms with Gasteiger partial charge in [0.05, 0.1) is 23.9 Å². The van der Waals surface area contributed by atoms with Crippen molar-refractivity contribution in [2.24, 2.45) is 0 Å². The van der Waals surface area contributed by atoms with Crippen LogP contribution in [-0.2, 0) is 0 Å². The molecule has 0 aliphatic heterocycles. The van der Waals surface area contributed by atoms with Gasteiger partial charge in [-0.25, -0.2) is 0 Å². The summed E-state index contributed by atoms with van der Waals surface area (Å²) in [6.45, 7) is 1.96. The zero-order valence-electron chi connectivity index (χ0n) is 11.7. The molecule has 4 heteroatoms. The van der Waals surface area contributed by atoms with E-state index >= 15 is 0 Å². The van der Waals surface area contributed by atoms with Gasteiger partial charge in [0.25, 0.3) is 0 Å². The SMILES string of the molecule is COc1ccccc1-n1c(C)c(C#N)c2ccc(Br)cc21. The van der Waals surface area contributed by atoms with Crippen LogP contribution >= 0.6 is 15.9 Å². The number of aromatic nitrogens is 1. The summed E-state index contributed by atoms with van der Waals surface area (Å²) in [6, 6.07) is 16.1. The van der Waals surface area contributed by atoms with Crippen molar-refractivity contribution < 1.29 is 4.74 Å². The van der Waals surface area contributed by atoms with Crippen LogP contribution in [0.1, 0.15) is 11.3 Å². The lowest BCUT2D eigenvalue weighted by atomic mass is 10.1. The molecular weight excluding hydrogens is 328 g/mol. The van der Waals surface area contributed by atoms with E-state index in [2.05, 4.69) is 26.6 Å². The quantitative estimate of drug-likeness (QED) is 0.684. The number of para-hydroxylation sites is 2. The molecule has 0 saturated carbocycles. The second-order valence-corrected chi connectivity index (χ2v) is 5.66. The molecular formula is C17H13BrN2O. The molecule has 1 aromatic heterocycles. The van der Waals surface area contributed by atoms with Gasteiger partial charge >= 0.3 is 0 Å². The van der Waals surface area contributed by atoms with Crippen molar-refractivity contribution in [1.29, 1.82) is 5.26 Å². The highest BCUT2D eigenvalue weighted by molar-refractivity contribution is 9.10. The number of hydrogen-bond acceptors (Lipinski definition) is 2. The Hall–Kier alpha value is -2.25. The Balaban J connectivity index is 2.45. The first-order valence-electron chi connectivity index (χ1n) is 6.51. The number of hydrogen-bond donors (Lipinski definition) is 0. The zero-order chi connectivity index (χ0) is 15.0. The molecule has 0 saturated heterocycles. The van der Waals surface area contributed by atoms with Crippen LogP contribution < -0.4 is 4.74 Å². The van der Waals surface area contributed by atoms with Crippen LogP contribution in [0.4, 0.5) is 0 Å². The minimum atomic E-state index is 0.698. The van der Waals surface area contributed by atoms with Crippen LogP contribution in [0.2, 0.25) is 0 Å². The van der Waals surface area contributed by atoms with Crippen LogP contribution in [0.5, 0.6) is 5.75 Å². The molecule has 3 rings (SSSR count). The van der Waals surface area contributed by atoms with E-state index in [1.807, 2.05) is 49.4 Å². The first kappa shape index (κ1) is 13.7. The lowest BCUT2D eigenvalue weighted by molar-refractivity contribution is 0.413. The van der Waals surface area contributed by atoms with Gasteiger partial charge < -0.3 is 9.30 Å². The summed E-state index contributed by atoms with van der Waals surface area (Å²) in [7, 11) is 1.65. The standard InChI is InChI=1S/C17H13BrN2O/c1-11-14(10-19)13-8-7-12(18)9-16(13)20(11)15-5-3-4-6-17(15)21-2/h3-9H,1-2H3. The van der Waals surface area contributed by atoms with Gasteiger partial charge in [0.15, 0.2) is 0 Å². The number of rotatable bonds is 2. The van der Waals surface area contributed by atoms with Crippen molar-refractivity contribution in [2.45, 2.75) is 6.92 Å². The number of ether oxygens (including phenoxy) is 1. The number of nitrogens with zero attached hydrogens (tertiary/aromatic N) is 2. The number of nitriles is 1. The summed E-state index contributed by atoms with van der Waals surface area (Å²) < 4.78 is 8.51. The van der Waals surface area contributed by atoms with Crippen molar-refractivity contribution in [1.82, 2.24) is 4.57 Å². The maximum absolute atomic E-state index is 9.47. The normalized spacial score (nSPS) is 10.6. The molecule has 104 valence electrons. The number of halogens is 1. The molecule has 2 aromatic carbocycles. The second-order valence-electron chi connectivity index (χ2n) is 4.74. The Morgan fingerprint density at radius 3 is 2.67 bits per heavy atom. The fraction of sp³-hybridized carbons (Fsp3) is 0.118. The van der Waals surface area contributed by atoms with Crippen molar-refractivity contribution >= 4 is 26.8 Å².